The van der Waals surface area contributed by atoms with Gasteiger partial charge in [0.1, 0.15) is 4.32 Å². The predicted octanol–water partition coefficient (Wildman–Crippen LogP) is 1.69. The van der Waals surface area contributed by atoms with Crippen molar-refractivity contribution in [2.24, 2.45) is 0 Å². The van der Waals surface area contributed by atoms with Gasteiger partial charge in [-0.25, -0.2) is 4.79 Å². The van der Waals surface area contributed by atoms with Gasteiger partial charge in [-0.3, -0.25) is 0 Å². The fourth-order valence-electron chi connectivity index (χ4n) is 0.482. The Kier molecular flexibility index (Phi) is 7.73. The first kappa shape index (κ1) is 12.4. The first-order chi connectivity index (χ1) is 6.20. The third-order valence-electron chi connectivity index (χ3n) is 1.06. The molecule has 0 radical (unpaired) electrons. The highest BCUT2D eigenvalue weighted by Gasteiger charge is 1.93. The monoisotopic (exact) mass is 219 g/mol. The maximum Gasteiger partial charge on any atom is 0.331 e. The van der Waals surface area contributed by atoms with Gasteiger partial charge in [0.05, 0.1) is 7.11 Å². The van der Waals surface area contributed by atoms with Gasteiger partial charge in [0, 0.05) is 12.3 Å². The molecule has 0 aliphatic carbocycles. The second kappa shape index (κ2) is 8.07. The van der Waals surface area contributed by atoms with Crippen LogP contribution in [0.25, 0.3) is 0 Å². The van der Waals surface area contributed by atoms with Gasteiger partial charge in [0.25, 0.3) is 0 Å². The Labute approximate surface area is 87.9 Å². The summed E-state index contributed by atoms with van der Waals surface area (Å²) >= 11 is 6.51. The normalized spacial score (nSPS) is 10.0. The molecule has 0 bridgehead atoms. The standard InChI is InChI=1S/C8H13NO2S2/c1-3-6-13-8(12)9-5-4-7(10)11-2/h4-5H,3,6H2,1-2H3,(H,9,12). The van der Waals surface area contributed by atoms with Crippen molar-refractivity contribution in [3.8, 4) is 0 Å². The van der Waals surface area contributed by atoms with Crippen molar-refractivity contribution in [2.45, 2.75) is 13.3 Å². The molecule has 0 fully saturated rings. The summed E-state index contributed by atoms with van der Waals surface area (Å²) in [5.74, 6) is 0.591. The predicted molar refractivity (Wildman–Crippen MR) is 59.6 cm³/mol. The van der Waals surface area contributed by atoms with Crippen LogP contribution >= 0.6 is 24.0 Å². The van der Waals surface area contributed by atoms with E-state index >= 15 is 0 Å². The van der Waals surface area contributed by atoms with Gasteiger partial charge in [-0.2, -0.15) is 0 Å². The van der Waals surface area contributed by atoms with E-state index in [0.29, 0.717) is 4.32 Å². The van der Waals surface area contributed by atoms with Crippen molar-refractivity contribution in [3.63, 3.8) is 0 Å². The van der Waals surface area contributed by atoms with Crippen molar-refractivity contribution in [2.75, 3.05) is 12.9 Å². The lowest BCUT2D eigenvalue weighted by Crippen LogP contribution is -2.11. The van der Waals surface area contributed by atoms with Crippen LogP contribution in [-0.4, -0.2) is 23.2 Å². The zero-order valence-corrected chi connectivity index (χ0v) is 9.33. The number of thiocarbonyl (C=S) groups is 1. The van der Waals surface area contributed by atoms with Gasteiger partial charge >= 0.3 is 5.97 Å². The number of thioether (sulfide) groups is 1. The fraction of sp³-hybridized carbons (Fsp3) is 0.500. The molecule has 0 saturated heterocycles. The van der Waals surface area contributed by atoms with Crippen LogP contribution in [0.4, 0.5) is 0 Å². The van der Waals surface area contributed by atoms with Crippen molar-refractivity contribution >= 4 is 34.3 Å². The van der Waals surface area contributed by atoms with E-state index in [2.05, 4.69) is 17.0 Å². The lowest BCUT2D eigenvalue weighted by molar-refractivity contribution is -0.134. The molecule has 0 saturated carbocycles. The number of nitrogens with one attached hydrogen (secondary N) is 1. The Morgan fingerprint density at radius 2 is 2.38 bits per heavy atom. The van der Waals surface area contributed by atoms with Crippen molar-refractivity contribution < 1.29 is 9.53 Å². The number of carbonyl (C=O) groups is 1. The summed E-state index contributed by atoms with van der Waals surface area (Å²) in [6, 6.07) is 0. The largest absolute Gasteiger partial charge is 0.466 e. The summed E-state index contributed by atoms with van der Waals surface area (Å²) in [6.07, 6.45) is 3.85. The third-order valence-corrected chi connectivity index (χ3v) is 2.52. The van der Waals surface area contributed by atoms with E-state index in [1.807, 2.05) is 0 Å². The van der Waals surface area contributed by atoms with Gasteiger partial charge in [-0.15, -0.1) is 0 Å². The maximum absolute atomic E-state index is 10.6. The van der Waals surface area contributed by atoms with E-state index in [1.54, 1.807) is 11.8 Å². The zero-order chi connectivity index (χ0) is 10.1. The molecule has 0 rings (SSSR count). The van der Waals surface area contributed by atoms with Crippen LogP contribution in [-0.2, 0) is 9.53 Å². The maximum atomic E-state index is 10.6. The molecule has 13 heavy (non-hydrogen) atoms. The van der Waals surface area contributed by atoms with Gasteiger partial charge in [-0.1, -0.05) is 30.9 Å². The molecule has 0 unspecified atom stereocenters. The van der Waals surface area contributed by atoms with Gasteiger partial charge in [-0.05, 0) is 12.2 Å². The fourth-order valence-corrected chi connectivity index (χ4v) is 1.34. The summed E-state index contributed by atoms with van der Waals surface area (Å²) in [6.45, 7) is 2.08. The number of hydrogen-bond donors (Lipinski definition) is 1. The molecule has 5 heteroatoms. The topological polar surface area (TPSA) is 38.3 Å². The molecule has 0 spiro atoms. The molecular weight excluding hydrogens is 206 g/mol. The first-order valence-corrected chi connectivity index (χ1v) is 5.28. The van der Waals surface area contributed by atoms with Crippen LogP contribution in [0, 0.1) is 0 Å². The first-order valence-electron chi connectivity index (χ1n) is 3.88. The van der Waals surface area contributed by atoms with Crippen LogP contribution in [0.3, 0.4) is 0 Å². The van der Waals surface area contributed by atoms with E-state index < -0.39 is 5.97 Å². The molecule has 0 aromatic rings. The van der Waals surface area contributed by atoms with Crippen molar-refractivity contribution in [1.82, 2.24) is 5.32 Å². The molecule has 0 amide bonds. The Morgan fingerprint density at radius 1 is 1.69 bits per heavy atom. The number of hydrogen-bond acceptors (Lipinski definition) is 4. The summed E-state index contributed by atoms with van der Waals surface area (Å²) in [5, 5.41) is 2.80. The lowest BCUT2D eigenvalue weighted by Gasteiger charge is -2.00. The molecule has 0 aromatic heterocycles. The molecular formula is C8H13NO2S2. The number of ether oxygens (including phenoxy) is 1. The lowest BCUT2D eigenvalue weighted by atomic mass is 10.6. The Bertz CT molecular complexity index is 204. The number of rotatable bonds is 4. The average molecular weight is 219 g/mol. The molecule has 3 nitrogen and oxygen atoms in total. The smallest absolute Gasteiger partial charge is 0.331 e. The molecule has 0 atom stereocenters. The van der Waals surface area contributed by atoms with Crippen LogP contribution in [0.5, 0.6) is 0 Å². The van der Waals surface area contributed by atoms with E-state index in [9.17, 15) is 4.79 Å². The van der Waals surface area contributed by atoms with Crippen LogP contribution < -0.4 is 5.32 Å². The molecule has 74 valence electrons. The molecule has 0 aliphatic rings. The van der Waals surface area contributed by atoms with E-state index in [0.717, 1.165) is 12.2 Å². The average Bonchev–Trinajstić information content (AvgIpc) is 2.14. The summed E-state index contributed by atoms with van der Waals surface area (Å²) in [7, 11) is 1.33. The van der Waals surface area contributed by atoms with Gasteiger partial charge < -0.3 is 10.1 Å². The molecule has 0 heterocycles. The van der Waals surface area contributed by atoms with E-state index in [4.69, 9.17) is 12.2 Å². The minimum Gasteiger partial charge on any atom is -0.466 e. The SMILES string of the molecule is CCCSC(=S)NC=CC(=O)OC. The minimum atomic E-state index is -0.393. The molecule has 0 aromatic carbocycles. The van der Waals surface area contributed by atoms with Crippen LogP contribution in [0.15, 0.2) is 12.3 Å². The van der Waals surface area contributed by atoms with Crippen molar-refractivity contribution in [1.29, 1.82) is 0 Å². The second-order valence-electron chi connectivity index (χ2n) is 2.14. The molecule has 0 aliphatic heterocycles. The summed E-state index contributed by atoms with van der Waals surface area (Å²) < 4.78 is 5.07. The third kappa shape index (κ3) is 7.80. The Morgan fingerprint density at radius 3 is 2.92 bits per heavy atom. The Balaban J connectivity index is 3.57. The van der Waals surface area contributed by atoms with Gasteiger partial charge in [0.2, 0.25) is 0 Å². The van der Waals surface area contributed by atoms with E-state index in [1.165, 1.54) is 19.4 Å². The van der Waals surface area contributed by atoms with Crippen LogP contribution in [0.1, 0.15) is 13.3 Å². The quantitative estimate of drug-likeness (QED) is 0.442. The highest BCUT2D eigenvalue weighted by Crippen LogP contribution is 2.02. The highest BCUT2D eigenvalue weighted by molar-refractivity contribution is 8.22. The molecule has 1 N–H and O–H groups in total. The summed E-state index contributed by atoms with van der Waals surface area (Å²) in [5.41, 5.74) is 0. The zero-order valence-electron chi connectivity index (χ0n) is 7.70. The minimum absolute atomic E-state index is 0.393. The second-order valence-corrected chi connectivity index (χ2v) is 3.91. The summed E-state index contributed by atoms with van der Waals surface area (Å²) in [4.78, 5) is 10.6. The number of esters is 1. The highest BCUT2D eigenvalue weighted by atomic mass is 32.2. The Hall–Kier alpha value is -0.550. The van der Waals surface area contributed by atoms with Gasteiger partial charge in [0.15, 0.2) is 0 Å². The number of methoxy groups -OCH3 is 1. The van der Waals surface area contributed by atoms with Crippen molar-refractivity contribution in [3.05, 3.63) is 12.3 Å². The van der Waals surface area contributed by atoms with E-state index in [-0.39, 0.29) is 0 Å². The number of carbonyl (C=O) groups excluding carboxylic acids is 1. The van der Waals surface area contributed by atoms with Crippen LogP contribution in [0.2, 0.25) is 0 Å².